The van der Waals surface area contributed by atoms with Crippen molar-refractivity contribution in [3.05, 3.63) is 0 Å². The molecule has 62 valence electrons. The van der Waals surface area contributed by atoms with Crippen molar-refractivity contribution in [1.82, 2.24) is 4.90 Å². The molecule has 0 radical (unpaired) electrons. The SMILES string of the molecule is CN(C)C1CCCCC1.O. The van der Waals surface area contributed by atoms with Gasteiger partial charge in [0.2, 0.25) is 0 Å². The van der Waals surface area contributed by atoms with Gasteiger partial charge in [0.1, 0.15) is 0 Å². The molecule has 10 heavy (non-hydrogen) atoms. The van der Waals surface area contributed by atoms with E-state index in [-0.39, 0.29) is 5.48 Å². The van der Waals surface area contributed by atoms with Crippen molar-refractivity contribution in [3.8, 4) is 0 Å². The Kier molecular flexibility index (Phi) is 4.65. The predicted molar refractivity (Wildman–Crippen MR) is 44.2 cm³/mol. The van der Waals surface area contributed by atoms with E-state index in [4.69, 9.17) is 0 Å². The molecule has 0 atom stereocenters. The Hall–Kier alpha value is -0.0800. The minimum atomic E-state index is 0. The molecule has 0 spiro atoms. The Labute approximate surface area is 63.5 Å². The predicted octanol–water partition coefficient (Wildman–Crippen LogP) is 1.06. The topological polar surface area (TPSA) is 34.7 Å². The maximum Gasteiger partial charge on any atom is 0.00891 e. The van der Waals surface area contributed by atoms with Gasteiger partial charge in [-0.3, -0.25) is 0 Å². The van der Waals surface area contributed by atoms with Crippen molar-refractivity contribution in [1.29, 1.82) is 0 Å². The van der Waals surface area contributed by atoms with E-state index in [0.29, 0.717) is 0 Å². The maximum atomic E-state index is 2.36. The lowest BCUT2D eigenvalue weighted by molar-refractivity contribution is 0.229. The zero-order valence-electron chi connectivity index (χ0n) is 7.06. The second-order valence-corrected chi connectivity index (χ2v) is 3.26. The average Bonchev–Trinajstić information content (AvgIpc) is 1.90. The second kappa shape index (κ2) is 4.69. The summed E-state index contributed by atoms with van der Waals surface area (Å²) in [4.78, 5) is 2.36. The van der Waals surface area contributed by atoms with Crippen LogP contribution >= 0.6 is 0 Å². The van der Waals surface area contributed by atoms with Crippen molar-refractivity contribution in [2.24, 2.45) is 0 Å². The lowest BCUT2D eigenvalue weighted by Crippen LogP contribution is -2.29. The lowest BCUT2D eigenvalue weighted by atomic mass is 9.95. The third-order valence-corrected chi connectivity index (χ3v) is 2.30. The molecule has 0 aliphatic heterocycles. The Morgan fingerprint density at radius 3 is 1.80 bits per heavy atom. The summed E-state index contributed by atoms with van der Waals surface area (Å²) < 4.78 is 0. The Morgan fingerprint density at radius 2 is 1.50 bits per heavy atom. The van der Waals surface area contributed by atoms with Crippen LogP contribution in [0, 0.1) is 0 Å². The molecule has 0 aromatic heterocycles. The highest BCUT2D eigenvalue weighted by molar-refractivity contribution is 4.70. The molecule has 0 saturated heterocycles. The lowest BCUT2D eigenvalue weighted by Gasteiger charge is -2.27. The van der Waals surface area contributed by atoms with Gasteiger partial charge in [0.05, 0.1) is 0 Å². The normalized spacial score (nSPS) is 20.7. The van der Waals surface area contributed by atoms with E-state index >= 15 is 0 Å². The van der Waals surface area contributed by atoms with Crippen LogP contribution in [0.4, 0.5) is 0 Å². The number of hydrogen-bond donors (Lipinski definition) is 0. The van der Waals surface area contributed by atoms with Crippen LogP contribution in [0.25, 0.3) is 0 Å². The summed E-state index contributed by atoms with van der Waals surface area (Å²) in [5.41, 5.74) is 0. The van der Waals surface area contributed by atoms with E-state index in [1.165, 1.54) is 32.1 Å². The van der Waals surface area contributed by atoms with E-state index in [1.54, 1.807) is 0 Å². The molecule has 2 nitrogen and oxygen atoms in total. The van der Waals surface area contributed by atoms with Crippen LogP contribution in [-0.4, -0.2) is 30.5 Å². The first kappa shape index (κ1) is 9.92. The summed E-state index contributed by atoms with van der Waals surface area (Å²) >= 11 is 0. The first-order valence-electron chi connectivity index (χ1n) is 3.97. The molecule has 1 aliphatic rings. The van der Waals surface area contributed by atoms with E-state index in [9.17, 15) is 0 Å². The Bertz CT molecular complexity index is 77.3. The fourth-order valence-electron chi connectivity index (χ4n) is 1.60. The Morgan fingerprint density at radius 1 is 1.00 bits per heavy atom. The number of rotatable bonds is 1. The molecule has 2 N–H and O–H groups in total. The van der Waals surface area contributed by atoms with Gasteiger partial charge in [-0.25, -0.2) is 0 Å². The van der Waals surface area contributed by atoms with E-state index in [1.807, 2.05) is 0 Å². The molecule has 0 heterocycles. The van der Waals surface area contributed by atoms with Crippen LogP contribution < -0.4 is 0 Å². The van der Waals surface area contributed by atoms with Crippen LogP contribution in [0.5, 0.6) is 0 Å². The molecule has 0 aromatic rings. The minimum Gasteiger partial charge on any atom is -0.412 e. The van der Waals surface area contributed by atoms with Gasteiger partial charge in [0.25, 0.3) is 0 Å². The van der Waals surface area contributed by atoms with Crippen LogP contribution in [0.3, 0.4) is 0 Å². The van der Waals surface area contributed by atoms with Gasteiger partial charge in [-0.2, -0.15) is 0 Å². The molecule has 0 aromatic carbocycles. The molecular formula is C8H19NO. The van der Waals surface area contributed by atoms with Crippen LogP contribution in [0.1, 0.15) is 32.1 Å². The molecule has 0 bridgehead atoms. The van der Waals surface area contributed by atoms with Crippen molar-refractivity contribution in [2.45, 2.75) is 38.1 Å². The van der Waals surface area contributed by atoms with Crippen LogP contribution in [0.15, 0.2) is 0 Å². The zero-order valence-corrected chi connectivity index (χ0v) is 7.06. The highest BCUT2D eigenvalue weighted by Crippen LogP contribution is 2.20. The van der Waals surface area contributed by atoms with Gasteiger partial charge in [-0.15, -0.1) is 0 Å². The molecule has 1 aliphatic carbocycles. The molecule has 2 heteroatoms. The first-order valence-corrected chi connectivity index (χ1v) is 3.97. The number of nitrogens with zero attached hydrogens (tertiary/aromatic N) is 1. The molecular weight excluding hydrogens is 126 g/mol. The monoisotopic (exact) mass is 145 g/mol. The van der Waals surface area contributed by atoms with Gasteiger partial charge in [0, 0.05) is 6.04 Å². The minimum absolute atomic E-state index is 0. The van der Waals surface area contributed by atoms with Crippen LogP contribution in [-0.2, 0) is 0 Å². The van der Waals surface area contributed by atoms with Crippen molar-refractivity contribution in [3.63, 3.8) is 0 Å². The fourth-order valence-corrected chi connectivity index (χ4v) is 1.60. The summed E-state index contributed by atoms with van der Waals surface area (Å²) in [6.07, 6.45) is 7.20. The summed E-state index contributed by atoms with van der Waals surface area (Å²) in [6, 6.07) is 0.888. The average molecular weight is 145 g/mol. The zero-order chi connectivity index (χ0) is 6.69. The summed E-state index contributed by atoms with van der Waals surface area (Å²) in [6.45, 7) is 0. The molecule has 0 amide bonds. The highest BCUT2D eigenvalue weighted by atomic mass is 16.0. The summed E-state index contributed by atoms with van der Waals surface area (Å²) in [7, 11) is 4.38. The molecule has 1 fully saturated rings. The molecule has 0 unspecified atom stereocenters. The molecule has 1 rings (SSSR count). The fraction of sp³-hybridized carbons (Fsp3) is 1.00. The van der Waals surface area contributed by atoms with Gasteiger partial charge < -0.3 is 10.4 Å². The summed E-state index contributed by atoms with van der Waals surface area (Å²) in [5, 5.41) is 0. The molecule has 1 saturated carbocycles. The standard InChI is InChI=1S/C8H17N.H2O/c1-9(2)8-6-4-3-5-7-8;/h8H,3-7H2,1-2H3;1H2. The Balaban J connectivity index is 0.000000810. The van der Waals surface area contributed by atoms with Crippen molar-refractivity contribution in [2.75, 3.05) is 14.1 Å². The van der Waals surface area contributed by atoms with E-state index in [0.717, 1.165) is 6.04 Å². The maximum absolute atomic E-state index is 2.36. The van der Waals surface area contributed by atoms with Gasteiger partial charge >= 0.3 is 0 Å². The van der Waals surface area contributed by atoms with Gasteiger partial charge in [0.15, 0.2) is 0 Å². The summed E-state index contributed by atoms with van der Waals surface area (Å²) in [5.74, 6) is 0. The third-order valence-electron chi connectivity index (χ3n) is 2.30. The smallest absolute Gasteiger partial charge is 0.00891 e. The highest BCUT2D eigenvalue weighted by Gasteiger charge is 2.13. The van der Waals surface area contributed by atoms with Crippen LogP contribution in [0.2, 0.25) is 0 Å². The second-order valence-electron chi connectivity index (χ2n) is 3.26. The third kappa shape index (κ3) is 2.67. The van der Waals surface area contributed by atoms with Crippen molar-refractivity contribution < 1.29 is 5.48 Å². The number of hydrogen-bond acceptors (Lipinski definition) is 1. The first-order chi connectivity index (χ1) is 4.30. The van der Waals surface area contributed by atoms with Gasteiger partial charge in [-0.1, -0.05) is 19.3 Å². The van der Waals surface area contributed by atoms with Crippen molar-refractivity contribution >= 4 is 0 Å². The van der Waals surface area contributed by atoms with Gasteiger partial charge in [-0.05, 0) is 26.9 Å². The quantitative estimate of drug-likeness (QED) is 0.543. The van der Waals surface area contributed by atoms with E-state index in [2.05, 4.69) is 19.0 Å². The largest absolute Gasteiger partial charge is 0.412 e. The van der Waals surface area contributed by atoms with E-state index < -0.39 is 0 Å².